The molecule has 1 fully saturated rings. The molecule has 1 atom stereocenters. The van der Waals surface area contributed by atoms with Crippen molar-refractivity contribution < 1.29 is 14.6 Å². The van der Waals surface area contributed by atoms with Gasteiger partial charge < -0.3 is 14.6 Å². The van der Waals surface area contributed by atoms with E-state index in [9.17, 15) is 5.11 Å². The van der Waals surface area contributed by atoms with Crippen LogP contribution in [0.2, 0.25) is 0 Å². The fourth-order valence-electron chi connectivity index (χ4n) is 2.79. The van der Waals surface area contributed by atoms with Gasteiger partial charge in [0.2, 0.25) is 0 Å². The number of fused-ring (bicyclic) bond motifs is 1. The summed E-state index contributed by atoms with van der Waals surface area (Å²) < 4.78 is 11.0. The van der Waals surface area contributed by atoms with Crippen LogP contribution in [0.1, 0.15) is 36.5 Å². The van der Waals surface area contributed by atoms with Gasteiger partial charge in [-0.3, -0.25) is 0 Å². The molecule has 3 nitrogen and oxygen atoms in total. The van der Waals surface area contributed by atoms with Gasteiger partial charge in [0.15, 0.2) is 0 Å². The highest BCUT2D eigenvalue weighted by molar-refractivity contribution is 5.41. The molecule has 1 heterocycles. The molecule has 92 valence electrons. The molecule has 0 saturated heterocycles. The third-order valence-corrected chi connectivity index (χ3v) is 4.13. The third kappa shape index (κ3) is 1.65. The molecule has 0 bridgehead atoms. The maximum absolute atomic E-state index is 10.5. The van der Waals surface area contributed by atoms with Gasteiger partial charge in [-0.25, -0.2) is 0 Å². The molecule has 2 aliphatic rings. The Hall–Kier alpha value is -1.06. The van der Waals surface area contributed by atoms with E-state index >= 15 is 0 Å². The Morgan fingerprint density at radius 1 is 1.41 bits per heavy atom. The van der Waals surface area contributed by atoms with Gasteiger partial charge in [-0.05, 0) is 42.5 Å². The standard InChI is InChI=1S/C14H18O3/c1-16-14(6-2-7-14)13(15)11-3-4-12-10(9-11)5-8-17-12/h3-4,9,13,15H,2,5-8H2,1H3. The molecular formula is C14H18O3. The molecule has 1 aliphatic heterocycles. The lowest BCUT2D eigenvalue weighted by Crippen LogP contribution is -2.45. The molecule has 1 aromatic rings. The molecule has 1 aromatic carbocycles. The van der Waals surface area contributed by atoms with Crippen molar-refractivity contribution in [2.75, 3.05) is 13.7 Å². The molecule has 0 aromatic heterocycles. The van der Waals surface area contributed by atoms with E-state index in [1.54, 1.807) is 7.11 Å². The average molecular weight is 234 g/mol. The van der Waals surface area contributed by atoms with Crippen molar-refractivity contribution >= 4 is 0 Å². The monoisotopic (exact) mass is 234 g/mol. The molecule has 3 rings (SSSR count). The number of rotatable bonds is 3. The topological polar surface area (TPSA) is 38.7 Å². The van der Waals surface area contributed by atoms with Gasteiger partial charge in [-0.2, -0.15) is 0 Å². The van der Waals surface area contributed by atoms with E-state index in [1.807, 2.05) is 12.1 Å². The van der Waals surface area contributed by atoms with Crippen molar-refractivity contribution in [3.63, 3.8) is 0 Å². The van der Waals surface area contributed by atoms with E-state index in [-0.39, 0.29) is 5.60 Å². The van der Waals surface area contributed by atoms with Crippen LogP contribution >= 0.6 is 0 Å². The smallest absolute Gasteiger partial charge is 0.122 e. The molecule has 1 N–H and O–H groups in total. The van der Waals surface area contributed by atoms with Crippen LogP contribution in [-0.4, -0.2) is 24.4 Å². The molecule has 0 radical (unpaired) electrons. The summed E-state index contributed by atoms with van der Waals surface area (Å²) in [6, 6.07) is 5.98. The first-order valence-electron chi connectivity index (χ1n) is 6.24. The highest BCUT2D eigenvalue weighted by Crippen LogP contribution is 2.45. The van der Waals surface area contributed by atoms with Crippen molar-refractivity contribution in [2.45, 2.75) is 37.4 Å². The summed E-state index contributed by atoms with van der Waals surface area (Å²) in [5.74, 6) is 0.959. The zero-order chi connectivity index (χ0) is 11.9. The number of hydrogen-bond acceptors (Lipinski definition) is 3. The van der Waals surface area contributed by atoms with Gasteiger partial charge in [0.05, 0.1) is 12.2 Å². The van der Waals surface area contributed by atoms with Crippen LogP contribution in [0.15, 0.2) is 18.2 Å². The van der Waals surface area contributed by atoms with E-state index in [0.29, 0.717) is 0 Å². The second-order valence-electron chi connectivity index (χ2n) is 4.99. The van der Waals surface area contributed by atoms with E-state index in [0.717, 1.165) is 43.6 Å². The summed E-state index contributed by atoms with van der Waals surface area (Å²) in [4.78, 5) is 0. The normalized spacial score (nSPS) is 22.5. The molecule has 1 unspecified atom stereocenters. The zero-order valence-electron chi connectivity index (χ0n) is 10.1. The van der Waals surface area contributed by atoms with Gasteiger partial charge in [0.25, 0.3) is 0 Å². The Balaban J connectivity index is 1.88. The molecule has 1 aliphatic carbocycles. The SMILES string of the molecule is COC1(C(O)c2ccc3c(c2)CCO3)CCC1. The maximum Gasteiger partial charge on any atom is 0.122 e. The number of methoxy groups -OCH3 is 1. The fourth-order valence-corrected chi connectivity index (χ4v) is 2.79. The Kier molecular flexibility index (Phi) is 2.60. The average Bonchev–Trinajstić information content (AvgIpc) is 2.74. The largest absolute Gasteiger partial charge is 0.493 e. The van der Waals surface area contributed by atoms with Crippen molar-refractivity contribution in [1.29, 1.82) is 0 Å². The van der Waals surface area contributed by atoms with Crippen molar-refractivity contribution in [1.82, 2.24) is 0 Å². The van der Waals surface area contributed by atoms with Crippen LogP contribution in [0.3, 0.4) is 0 Å². The minimum atomic E-state index is -0.521. The Morgan fingerprint density at radius 2 is 2.24 bits per heavy atom. The van der Waals surface area contributed by atoms with Crippen LogP contribution in [0.5, 0.6) is 5.75 Å². The van der Waals surface area contributed by atoms with Gasteiger partial charge in [0.1, 0.15) is 11.9 Å². The number of hydrogen-bond donors (Lipinski definition) is 1. The summed E-state index contributed by atoms with van der Waals surface area (Å²) in [6.07, 6.45) is 3.44. The predicted octanol–water partition coefficient (Wildman–Crippen LogP) is 2.22. The van der Waals surface area contributed by atoms with Crippen LogP contribution in [-0.2, 0) is 11.2 Å². The third-order valence-electron chi connectivity index (χ3n) is 4.13. The minimum Gasteiger partial charge on any atom is -0.493 e. The Morgan fingerprint density at radius 3 is 2.88 bits per heavy atom. The Bertz CT molecular complexity index is 418. The molecule has 17 heavy (non-hydrogen) atoms. The Labute approximate surface area is 101 Å². The van der Waals surface area contributed by atoms with Crippen LogP contribution in [0.4, 0.5) is 0 Å². The number of benzene rings is 1. The number of aliphatic hydroxyl groups is 1. The first-order valence-corrected chi connectivity index (χ1v) is 6.24. The second kappa shape index (κ2) is 4.00. The predicted molar refractivity (Wildman–Crippen MR) is 64.2 cm³/mol. The minimum absolute atomic E-state index is 0.353. The number of ether oxygens (including phenoxy) is 2. The quantitative estimate of drug-likeness (QED) is 0.871. The van der Waals surface area contributed by atoms with E-state index in [1.165, 1.54) is 5.56 Å². The van der Waals surface area contributed by atoms with Gasteiger partial charge in [-0.15, -0.1) is 0 Å². The van der Waals surface area contributed by atoms with E-state index < -0.39 is 6.10 Å². The lowest BCUT2D eigenvalue weighted by Gasteiger charge is -2.44. The van der Waals surface area contributed by atoms with Crippen LogP contribution in [0.25, 0.3) is 0 Å². The van der Waals surface area contributed by atoms with Gasteiger partial charge in [-0.1, -0.05) is 6.07 Å². The van der Waals surface area contributed by atoms with Crippen molar-refractivity contribution in [3.8, 4) is 5.75 Å². The molecule has 0 amide bonds. The fraction of sp³-hybridized carbons (Fsp3) is 0.571. The zero-order valence-corrected chi connectivity index (χ0v) is 10.1. The van der Waals surface area contributed by atoms with Crippen LogP contribution in [0, 0.1) is 0 Å². The molecular weight excluding hydrogens is 216 g/mol. The van der Waals surface area contributed by atoms with E-state index in [4.69, 9.17) is 9.47 Å². The lowest BCUT2D eigenvalue weighted by atomic mass is 9.73. The lowest BCUT2D eigenvalue weighted by molar-refractivity contribution is -0.151. The van der Waals surface area contributed by atoms with Crippen molar-refractivity contribution in [2.24, 2.45) is 0 Å². The van der Waals surface area contributed by atoms with Crippen LogP contribution < -0.4 is 4.74 Å². The second-order valence-corrected chi connectivity index (χ2v) is 4.99. The highest BCUT2D eigenvalue weighted by Gasteiger charge is 2.44. The molecule has 3 heteroatoms. The summed E-state index contributed by atoms with van der Waals surface area (Å²) in [7, 11) is 1.69. The van der Waals surface area contributed by atoms with Gasteiger partial charge in [0, 0.05) is 13.5 Å². The summed E-state index contributed by atoms with van der Waals surface area (Å²) in [6.45, 7) is 0.754. The maximum atomic E-state index is 10.5. The first kappa shape index (κ1) is 11.1. The van der Waals surface area contributed by atoms with Gasteiger partial charge >= 0.3 is 0 Å². The molecule has 0 spiro atoms. The molecule has 1 saturated carbocycles. The van der Waals surface area contributed by atoms with Crippen molar-refractivity contribution in [3.05, 3.63) is 29.3 Å². The highest BCUT2D eigenvalue weighted by atomic mass is 16.5. The summed E-state index contributed by atoms with van der Waals surface area (Å²) in [5.41, 5.74) is 1.80. The number of aliphatic hydroxyl groups excluding tert-OH is 1. The summed E-state index contributed by atoms with van der Waals surface area (Å²) >= 11 is 0. The summed E-state index contributed by atoms with van der Waals surface area (Å²) in [5, 5.41) is 10.5. The first-order chi connectivity index (χ1) is 8.25. The van der Waals surface area contributed by atoms with E-state index in [2.05, 4.69) is 6.07 Å².